The van der Waals surface area contributed by atoms with Gasteiger partial charge in [0.15, 0.2) is 0 Å². The molecule has 0 atom stereocenters. The van der Waals surface area contributed by atoms with Crippen LogP contribution in [0.1, 0.15) is 19.4 Å². The minimum Gasteiger partial charge on any atom is -0.449 e. The molecule has 0 saturated heterocycles. The Morgan fingerprint density at radius 1 is 1.35 bits per heavy atom. The number of hydrogen-bond acceptors (Lipinski definition) is 3. The van der Waals surface area contributed by atoms with Crippen molar-refractivity contribution in [3.8, 4) is 0 Å². The van der Waals surface area contributed by atoms with Crippen molar-refractivity contribution in [1.29, 1.82) is 0 Å². The molecule has 0 saturated carbocycles. The predicted octanol–water partition coefficient (Wildman–Crippen LogP) is 0.865. The van der Waals surface area contributed by atoms with E-state index in [9.17, 15) is 13.2 Å². The van der Waals surface area contributed by atoms with Crippen LogP contribution >= 0.6 is 0 Å². The molecule has 7 heteroatoms. The van der Waals surface area contributed by atoms with Gasteiger partial charge in [-0.1, -0.05) is 19.9 Å². The van der Waals surface area contributed by atoms with Crippen molar-refractivity contribution in [2.75, 3.05) is 6.61 Å². The average Bonchev–Trinajstić information content (AvgIpc) is 2.26. The molecule has 0 bridgehead atoms. The molecule has 0 aliphatic heterocycles. The molecular formula is C10H13BF3NO2. The molecule has 0 fully saturated rings. The molecule has 0 aliphatic rings. The van der Waals surface area contributed by atoms with Gasteiger partial charge in [0.05, 0.1) is 6.61 Å². The van der Waals surface area contributed by atoms with E-state index in [-0.39, 0.29) is 7.48 Å². The first-order valence-corrected chi connectivity index (χ1v) is 5.00. The van der Waals surface area contributed by atoms with Gasteiger partial charge in [-0.3, -0.25) is 9.72 Å². The molecule has 1 aromatic heterocycles. The second-order valence-electron chi connectivity index (χ2n) is 4.36. The first-order valence-electron chi connectivity index (χ1n) is 5.00. The summed E-state index contributed by atoms with van der Waals surface area (Å²) >= 11 is 0. The Balaban J connectivity index is 2.81. The smallest absolute Gasteiger partial charge is 0.449 e. The zero-order valence-corrected chi connectivity index (χ0v) is 9.58. The highest BCUT2D eigenvalue weighted by molar-refractivity contribution is 6.45. The maximum absolute atomic E-state index is 12.0. The van der Waals surface area contributed by atoms with Crippen LogP contribution in [0, 0.1) is 0 Å². The summed E-state index contributed by atoms with van der Waals surface area (Å²) in [4.78, 5) is 3.87. The SMILES string of the molecule is CC(C)(COC(F)(F)F)c1cncc(BO)c1. The lowest BCUT2D eigenvalue weighted by Gasteiger charge is -2.25. The predicted molar refractivity (Wildman–Crippen MR) is 58.3 cm³/mol. The second kappa shape index (κ2) is 5.06. The van der Waals surface area contributed by atoms with Crippen LogP contribution in [0.3, 0.4) is 0 Å². The van der Waals surface area contributed by atoms with E-state index in [1.54, 1.807) is 19.9 Å². The minimum atomic E-state index is -4.64. The molecule has 1 rings (SSSR count). The molecule has 1 aromatic rings. The van der Waals surface area contributed by atoms with Crippen LogP contribution in [0.4, 0.5) is 13.2 Å². The van der Waals surface area contributed by atoms with Crippen molar-refractivity contribution in [3.63, 3.8) is 0 Å². The van der Waals surface area contributed by atoms with Gasteiger partial charge >= 0.3 is 13.8 Å². The zero-order valence-electron chi connectivity index (χ0n) is 9.58. The average molecular weight is 247 g/mol. The minimum absolute atomic E-state index is 0.197. The highest BCUT2D eigenvalue weighted by Crippen LogP contribution is 2.26. The van der Waals surface area contributed by atoms with E-state index in [1.165, 1.54) is 12.4 Å². The van der Waals surface area contributed by atoms with E-state index >= 15 is 0 Å². The van der Waals surface area contributed by atoms with Gasteiger partial charge < -0.3 is 5.02 Å². The number of halogens is 3. The number of pyridine rings is 1. The van der Waals surface area contributed by atoms with Crippen molar-refractivity contribution in [1.82, 2.24) is 4.98 Å². The van der Waals surface area contributed by atoms with Crippen LogP contribution in [0.15, 0.2) is 18.5 Å². The molecule has 94 valence electrons. The number of ether oxygens (including phenoxy) is 1. The van der Waals surface area contributed by atoms with Crippen molar-refractivity contribution < 1.29 is 22.9 Å². The number of hydrogen-bond donors (Lipinski definition) is 1. The summed E-state index contributed by atoms with van der Waals surface area (Å²) in [5, 5.41) is 8.94. The third kappa shape index (κ3) is 4.36. The molecule has 0 amide bonds. The highest BCUT2D eigenvalue weighted by atomic mass is 19.4. The van der Waals surface area contributed by atoms with Crippen LogP contribution < -0.4 is 5.46 Å². The monoisotopic (exact) mass is 247 g/mol. The standard InChI is InChI=1S/C10H13BF3NO2/c1-9(2,6-17-10(12,13)14)7-3-8(11-16)5-15-4-7/h3-5,11,16H,6H2,1-2H3. The first kappa shape index (κ1) is 14.0. The Hall–Kier alpha value is -1.08. The highest BCUT2D eigenvalue weighted by Gasteiger charge is 2.33. The van der Waals surface area contributed by atoms with Gasteiger partial charge in [-0.05, 0) is 11.0 Å². The fourth-order valence-electron chi connectivity index (χ4n) is 1.29. The maximum atomic E-state index is 12.0. The van der Waals surface area contributed by atoms with Crippen molar-refractivity contribution >= 4 is 12.9 Å². The third-order valence-corrected chi connectivity index (χ3v) is 2.36. The topological polar surface area (TPSA) is 42.4 Å². The van der Waals surface area contributed by atoms with Gasteiger partial charge in [-0.15, -0.1) is 13.2 Å². The lowest BCUT2D eigenvalue weighted by atomic mass is 9.82. The summed E-state index contributed by atoms with van der Waals surface area (Å²) in [6.07, 6.45) is -1.71. The Morgan fingerprint density at radius 2 is 2.00 bits per heavy atom. The fourth-order valence-corrected chi connectivity index (χ4v) is 1.29. The molecule has 3 nitrogen and oxygen atoms in total. The van der Waals surface area contributed by atoms with Crippen molar-refractivity contribution in [2.24, 2.45) is 0 Å². The molecule has 1 heterocycles. The molecule has 0 unspecified atom stereocenters. The number of nitrogens with zero attached hydrogens (tertiary/aromatic N) is 1. The number of aromatic nitrogens is 1. The molecule has 0 aromatic carbocycles. The van der Waals surface area contributed by atoms with E-state index in [0.29, 0.717) is 11.0 Å². The van der Waals surface area contributed by atoms with Gasteiger partial charge in [0, 0.05) is 17.8 Å². The summed E-state index contributed by atoms with van der Waals surface area (Å²) in [5.74, 6) is 0. The zero-order chi connectivity index (χ0) is 13.1. The molecule has 1 N–H and O–H groups in total. The van der Waals surface area contributed by atoms with Crippen LogP contribution in [0.5, 0.6) is 0 Å². The fraction of sp³-hybridized carbons (Fsp3) is 0.500. The summed E-state index contributed by atoms with van der Waals surface area (Å²) in [6.45, 7) is 2.75. The number of alkyl halides is 3. The maximum Gasteiger partial charge on any atom is 0.522 e. The van der Waals surface area contributed by atoms with Gasteiger partial charge in [-0.25, -0.2) is 0 Å². The molecule has 17 heavy (non-hydrogen) atoms. The van der Waals surface area contributed by atoms with Crippen LogP contribution in [0.2, 0.25) is 0 Å². The Labute approximate surface area is 97.9 Å². The van der Waals surface area contributed by atoms with Crippen LogP contribution in [-0.2, 0) is 10.2 Å². The van der Waals surface area contributed by atoms with Gasteiger partial charge in [0.2, 0.25) is 0 Å². The largest absolute Gasteiger partial charge is 0.522 e. The van der Waals surface area contributed by atoms with Crippen LogP contribution in [-0.4, -0.2) is 30.5 Å². The molecular weight excluding hydrogens is 234 g/mol. The summed E-state index contributed by atoms with van der Waals surface area (Å²) in [6, 6.07) is 1.62. The summed E-state index contributed by atoms with van der Waals surface area (Å²) in [5.41, 5.74) is 0.323. The lowest BCUT2D eigenvalue weighted by Crippen LogP contribution is -2.30. The number of rotatable bonds is 4. The van der Waals surface area contributed by atoms with Crippen LogP contribution in [0.25, 0.3) is 0 Å². The molecule has 0 aliphatic carbocycles. The third-order valence-electron chi connectivity index (χ3n) is 2.36. The Morgan fingerprint density at radius 3 is 2.53 bits per heavy atom. The van der Waals surface area contributed by atoms with Crippen molar-refractivity contribution in [3.05, 3.63) is 24.0 Å². The van der Waals surface area contributed by atoms with E-state index in [1.807, 2.05) is 0 Å². The Kier molecular flexibility index (Phi) is 4.16. The van der Waals surface area contributed by atoms with E-state index < -0.39 is 18.4 Å². The van der Waals surface area contributed by atoms with E-state index in [0.717, 1.165) is 0 Å². The van der Waals surface area contributed by atoms with E-state index in [4.69, 9.17) is 5.02 Å². The van der Waals surface area contributed by atoms with Gasteiger partial charge in [0.1, 0.15) is 0 Å². The normalized spacial score (nSPS) is 12.6. The van der Waals surface area contributed by atoms with Gasteiger partial charge in [0.25, 0.3) is 0 Å². The molecule has 0 spiro atoms. The second-order valence-corrected chi connectivity index (χ2v) is 4.36. The lowest BCUT2D eigenvalue weighted by molar-refractivity contribution is -0.329. The Bertz CT molecular complexity index is 382. The van der Waals surface area contributed by atoms with E-state index in [2.05, 4.69) is 9.72 Å². The summed E-state index contributed by atoms with van der Waals surface area (Å²) in [7, 11) is -0.197. The van der Waals surface area contributed by atoms with Gasteiger partial charge in [-0.2, -0.15) is 0 Å². The first-order chi connectivity index (χ1) is 7.74. The van der Waals surface area contributed by atoms with Crippen molar-refractivity contribution in [2.45, 2.75) is 25.6 Å². The summed E-state index contributed by atoms with van der Waals surface area (Å²) < 4.78 is 39.7. The quantitative estimate of drug-likeness (QED) is 0.802. The molecule has 0 radical (unpaired) electrons.